The summed E-state index contributed by atoms with van der Waals surface area (Å²) in [5.74, 6) is 0.925. The number of nitrogens with zero attached hydrogens (tertiary/aromatic N) is 3. The van der Waals surface area contributed by atoms with Crippen LogP contribution < -0.4 is 4.74 Å². The molecule has 29 heavy (non-hydrogen) atoms. The van der Waals surface area contributed by atoms with E-state index in [2.05, 4.69) is 30.1 Å². The molecule has 1 atom stereocenters. The van der Waals surface area contributed by atoms with Crippen LogP contribution in [0.5, 0.6) is 5.75 Å². The van der Waals surface area contributed by atoms with E-state index in [-0.39, 0.29) is 18.4 Å². The molecule has 0 saturated carbocycles. The highest BCUT2D eigenvalue weighted by Crippen LogP contribution is 2.27. The molecule has 3 aromatic rings. The number of carbonyl (C=O) groups is 1. The number of para-hydroxylation sites is 1. The lowest BCUT2D eigenvalue weighted by Gasteiger charge is -2.32. The Morgan fingerprint density at radius 2 is 2.00 bits per heavy atom. The smallest absolute Gasteiger partial charge is 0.260 e. The summed E-state index contributed by atoms with van der Waals surface area (Å²) < 4.78 is 5.63. The summed E-state index contributed by atoms with van der Waals surface area (Å²) in [7, 11) is 0. The number of aryl methyl sites for hydroxylation is 1. The van der Waals surface area contributed by atoms with Crippen molar-refractivity contribution in [2.24, 2.45) is 0 Å². The van der Waals surface area contributed by atoms with Crippen LogP contribution in [0.4, 0.5) is 0 Å². The number of benzene rings is 2. The van der Waals surface area contributed by atoms with E-state index in [1.54, 1.807) is 6.20 Å². The molecule has 0 spiro atoms. The van der Waals surface area contributed by atoms with Gasteiger partial charge in [0.2, 0.25) is 0 Å². The van der Waals surface area contributed by atoms with Gasteiger partial charge in [-0.1, -0.05) is 42.0 Å². The van der Waals surface area contributed by atoms with Gasteiger partial charge >= 0.3 is 0 Å². The lowest BCUT2D eigenvalue weighted by Crippen LogP contribution is -2.41. The van der Waals surface area contributed by atoms with Crippen molar-refractivity contribution in [1.82, 2.24) is 14.9 Å². The van der Waals surface area contributed by atoms with E-state index in [1.165, 1.54) is 5.56 Å². The molecule has 2 heterocycles. The second kappa shape index (κ2) is 8.86. The largest absolute Gasteiger partial charge is 0.484 e. The van der Waals surface area contributed by atoms with Gasteiger partial charge in [-0.2, -0.15) is 0 Å². The third-order valence-electron chi connectivity index (χ3n) is 5.26. The highest BCUT2D eigenvalue weighted by atomic mass is 16.5. The number of amides is 1. The van der Waals surface area contributed by atoms with Crippen molar-refractivity contribution in [3.8, 4) is 17.0 Å². The Balaban J connectivity index is 1.43. The lowest BCUT2D eigenvalue weighted by atomic mass is 9.94. The molecule has 0 bridgehead atoms. The van der Waals surface area contributed by atoms with Crippen LogP contribution in [0.25, 0.3) is 11.3 Å². The Hall–Kier alpha value is -3.21. The van der Waals surface area contributed by atoms with Gasteiger partial charge in [0.05, 0.1) is 17.6 Å². The molecule has 1 saturated heterocycles. The molecule has 1 aliphatic rings. The Morgan fingerprint density at radius 3 is 2.83 bits per heavy atom. The van der Waals surface area contributed by atoms with Crippen LogP contribution in [-0.2, 0) is 4.79 Å². The van der Waals surface area contributed by atoms with E-state index in [0.29, 0.717) is 12.3 Å². The first-order chi connectivity index (χ1) is 14.2. The number of piperidine rings is 1. The maximum atomic E-state index is 12.6. The van der Waals surface area contributed by atoms with Crippen LogP contribution in [0.15, 0.2) is 67.0 Å². The maximum Gasteiger partial charge on any atom is 0.260 e. The normalized spacial score (nSPS) is 16.4. The monoisotopic (exact) mass is 387 g/mol. The first-order valence-electron chi connectivity index (χ1n) is 10.0. The first kappa shape index (κ1) is 19.1. The average molecular weight is 387 g/mol. The van der Waals surface area contributed by atoms with Crippen LogP contribution in [0.2, 0.25) is 0 Å². The molecular formula is C24H25N3O2. The van der Waals surface area contributed by atoms with Crippen molar-refractivity contribution < 1.29 is 9.53 Å². The Labute approximate surface area is 171 Å². The van der Waals surface area contributed by atoms with Crippen molar-refractivity contribution in [3.05, 3.63) is 78.2 Å². The van der Waals surface area contributed by atoms with Crippen molar-refractivity contribution >= 4 is 5.91 Å². The molecule has 1 fully saturated rings. The molecule has 1 amide bonds. The number of aromatic nitrogens is 2. The van der Waals surface area contributed by atoms with E-state index in [4.69, 9.17) is 9.72 Å². The van der Waals surface area contributed by atoms with Crippen LogP contribution in [0, 0.1) is 6.92 Å². The number of ether oxygens (including phenoxy) is 1. The summed E-state index contributed by atoms with van der Waals surface area (Å²) in [6.07, 6.45) is 5.60. The molecule has 1 aromatic heterocycles. The highest BCUT2D eigenvalue weighted by molar-refractivity contribution is 5.78. The molecular weight excluding hydrogens is 362 g/mol. The number of hydrogen-bond donors (Lipinski definition) is 0. The Kier molecular flexibility index (Phi) is 5.84. The quantitative estimate of drug-likeness (QED) is 0.657. The highest BCUT2D eigenvalue weighted by Gasteiger charge is 2.26. The summed E-state index contributed by atoms with van der Waals surface area (Å²) in [5.41, 5.74) is 4.09. The third kappa shape index (κ3) is 4.80. The summed E-state index contributed by atoms with van der Waals surface area (Å²) >= 11 is 0. The number of hydrogen-bond acceptors (Lipinski definition) is 4. The van der Waals surface area contributed by atoms with Crippen LogP contribution in [0.3, 0.4) is 0 Å². The maximum absolute atomic E-state index is 12.6. The molecule has 5 heteroatoms. The predicted molar refractivity (Wildman–Crippen MR) is 113 cm³/mol. The molecule has 5 nitrogen and oxygen atoms in total. The van der Waals surface area contributed by atoms with Crippen molar-refractivity contribution in [2.75, 3.05) is 19.7 Å². The first-order valence-corrected chi connectivity index (χ1v) is 10.0. The molecule has 0 aliphatic carbocycles. The van der Waals surface area contributed by atoms with Crippen molar-refractivity contribution in [2.45, 2.75) is 25.7 Å². The molecule has 0 N–H and O–H groups in total. The number of carbonyl (C=O) groups excluding carboxylic acids is 1. The summed E-state index contributed by atoms with van der Waals surface area (Å²) in [4.78, 5) is 23.8. The predicted octanol–water partition coefficient (Wildman–Crippen LogP) is 4.24. The standard InChI is InChI=1S/C24H25N3O2/c1-18-7-5-8-19(13-18)22-14-25-15-23(26-22)20-9-6-12-27(16-20)24(28)17-29-21-10-3-2-4-11-21/h2-5,7-8,10-11,13-15,20H,6,9,12,16-17H2,1H3/t20-/m0/s1. The van der Waals surface area contributed by atoms with Gasteiger partial charge < -0.3 is 9.64 Å². The minimum atomic E-state index is 0.0151. The average Bonchev–Trinajstić information content (AvgIpc) is 2.78. The molecule has 0 unspecified atom stereocenters. The topological polar surface area (TPSA) is 55.3 Å². The fourth-order valence-corrected chi connectivity index (χ4v) is 3.72. The van der Waals surface area contributed by atoms with E-state index < -0.39 is 0 Å². The summed E-state index contributed by atoms with van der Waals surface area (Å²) in [6, 6.07) is 17.7. The van der Waals surface area contributed by atoms with Gasteiger partial charge in [-0.05, 0) is 38.0 Å². The fraction of sp³-hybridized carbons (Fsp3) is 0.292. The van der Waals surface area contributed by atoms with Gasteiger partial charge in [-0.25, -0.2) is 4.98 Å². The van der Waals surface area contributed by atoms with E-state index in [0.717, 1.165) is 36.3 Å². The SMILES string of the molecule is Cc1cccc(-c2cncc([C@H]3CCCN(C(=O)COc4ccccc4)C3)n2)c1. The van der Waals surface area contributed by atoms with E-state index in [9.17, 15) is 4.79 Å². The minimum absolute atomic E-state index is 0.0151. The minimum Gasteiger partial charge on any atom is -0.484 e. The zero-order valence-corrected chi connectivity index (χ0v) is 16.6. The second-order valence-corrected chi connectivity index (χ2v) is 7.48. The third-order valence-corrected chi connectivity index (χ3v) is 5.26. The van der Waals surface area contributed by atoms with Gasteiger partial charge in [0.1, 0.15) is 5.75 Å². The fourth-order valence-electron chi connectivity index (χ4n) is 3.72. The Morgan fingerprint density at radius 1 is 1.14 bits per heavy atom. The van der Waals surface area contributed by atoms with Gasteiger partial charge in [-0.15, -0.1) is 0 Å². The number of rotatable bonds is 5. The zero-order chi connectivity index (χ0) is 20.1. The van der Waals surface area contributed by atoms with E-state index in [1.807, 2.05) is 47.5 Å². The molecule has 4 rings (SSSR count). The number of likely N-dealkylation sites (tertiary alicyclic amines) is 1. The van der Waals surface area contributed by atoms with Gasteiger partial charge in [-0.3, -0.25) is 9.78 Å². The van der Waals surface area contributed by atoms with E-state index >= 15 is 0 Å². The van der Waals surface area contributed by atoms with Gasteiger partial charge in [0.15, 0.2) is 6.61 Å². The van der Waals surface area contributed by atoms with Gasteiger partial charge in [0, 0.05) is 30.8 Å². The van der Waals surface area contributed by atoms with Crippen LogP contribution in [0.1, 0.15) is 30.0 Å². The molecule has 148 valence electrons. The molecule has 0 radical (unpaired) electrons. The zero-order valence-electron chi connectivity index (χ0n) is 16.6. The molecule has 1 aliphatic heterocycles. The van der Waals surface area contributed by atoms with Crippen LogP contribution in [-0.4, -0.2) is 40.5 Å². The summed E-state index contributed by atoms with van der Waals surface area (Å²) in [5, 5.41) is 0. The second-order valence-electron chi connectivity index (χ2n) is 7.48. The Bertz CT molecular complexity index is 975. The van der Waals surface area contributed by atoms with Crippen molar-refractivity contribution in [3.63, 3.8) is 0 Å². The summed E-state index contributed by atoms with van der Waals surface area (Å²) in [6.45, 7) is 3.55. The van der Waals surface area contributed by atoms with Crippen LogP contribution >= 0.6 is 0 Å². The van der Waals surface area contributed by atoms with Gasteiger partial charge in [0.25, 0.3) is 5.91 Å². The van der Waals surface area contributed by atoms with Crippen molar-refractivity contribution in [1.29, 1.82) is 0 Å². The molecule has 2 aromatic carbocycles. The lowest BCUT2D eigenvalue weighted by molar-refractivity contribution is -0.134.